The van der Waals surface area contributed by atoms with Gasteiger partial charge in [0, 0.05) is 12.8 Å². The molecule has 6 aromatic carbocycles. The molecule has 0 saturated heterocycles. The number of primary amides is 1. The minimum atomic E-state index is -3.21. The smallest absolute Gasteiger partial charge is 0.336 e. The predicted octanol–water partition coefficient (Wildman–Crippen LogP) is 3.51. The third-order valence-electron chi connectivity index (χ3n) is 11.3. The highest BCUT2D eigenvalue weighted by Crippen LogP contribution is 2.41. The number of aliphatic hydroxyl groups excluding tert-OH is 4. The molecule has 0 aromatic heterocycles. The molecule has 0 aliphatic carbocycles. The Bertz CT molecular complexity index is 2310. The highest BCUT2D eigenvalue weighted by Gasteiger charge is 2.59. The molecule has 11 N–H and O–H groups in total. The molecule has 0 saturated carbocycles. The number of ketones is 2. The molecule has 0 heterocycles. The lowest BCUT2D eigenvalue weighted by Crippen LogP contribution is -2.68. The fourth-order valence-electron chi connectivity index (χ4n) is 8.14. The van der Waals surface area contributed by atoms with Gasteiger partial charge in [-0.3, -0.25) is 19.7 Å². The van der Waals surface area contributed by atoms with E-state index in [1.54, 1.807) is 78.9 Å². The van der Waals surface area contributed by atoms with Crippen LogP contribution in [0.2, 0.25) is 0 Å². The maximum Gasteiger partial charge on any atom is 0.336 e. The predicted molar refractivity (Wildman–Crippen MR) is 240 cm³/mol. The van der Waals surface area contributed by atoms with Crippen LogP contribution in [0.25, 0.3) is 0 Å². The molecule has 0 bridgehead atoms. The Kier molecular flexibility index (Phi) is 15.5. The van der Waals surface area contributed by atoms with E-state index >= 15 is 14.4 Å². The summed E-state index contributed by atoms with van der Waals surface area (Å²) < 4.78 is 6.22. The maximum absolute atomic E-state index is 16.0. The van der Waals surface area contributed by atoms with Gasteiger partial charge in [0.05, 0.1) is 23.6 Å². The van der Waals surface area contributed by atoms with Crippen molar-refractivity contribution in [2.45, 2.75) is 66.5 Å². The van der Waals surface area contributed by atoms with Crippen LogP contribution < -0.4 is 22.5 Å². The van der Waals surface area contributed by atoms with E-state index < -0.39 is 90.0 Å². The second-order valence-corrected chi connectivity index (χ2v) is 15.6. The van der Waals surface area contributed by atoms with Crippen LogP contribution >= 0.6 is 0 Å². The highest BCUT2D eigenvalue weighted by molar-refractivity contribution is 6.16. The number of hydrogen-bond acceptors (Lipinski definition) is 12. The van der Waals surface area contributed by atoms with E-state index in [4.69, 9.17) is 21.9 Å². The second-order valence-electron chi connectivity index (χ2n) is 15.6. The Morgan fingerprint density at radius 1 is 0.578 bits per heavy atom. The average molecular weight is 865 g/mol. The number of carbonyl (C=O) groups excluding carboxylic acids is 4. The number of carbonyl (C=O) groups is 4. The van der Waals surface area contributed by atoms with Gasteiger partial charge in [0.25, 0.3) is 0 Å². The van der Waals surface area contributed by atoms with Gasteiger partial charge in [-0.25, -0.2) is 4.79 Å². The third kappa shape index (κ3) is 10.2. The second kappa shape index (κ2) is 21.1. The maximum atomic E-state index is 16.0. The lowest BCUT2D eigenvalue weighted by atomic mass is 9.69. The standard InChI is InChI=1S/C51H52N4O9/c52-41(57)31-39(55-51(36-25-13-4-14-26-36,37-27-15-5-16-28-37)38-29-17-6-18-30-38)44(59)43(33-19-7-1-8-20-33)50(54,48(62)46(61)45(60)40(56)32-42(53)58)49(63)64-47(34-21-9-2-10-22-34)35-23-11-3-12-24-35/h1-30,39-40,42-43,45-47,55-56,58,60-61H,31-32,53-54H2,(H2,52,57)/t39-,40?,42?,43?,45?,46?,50?/m0/s1. The van der Waals surface area contributed by atoms with Crippen molar-refractivity contribution in [1.82, 2.24) is 5.32 Å². The van der Waals surface area contributed by atoms with E-state index in [0.717, 1.165) is 0 Å². The summed E-state index contributed by atoms with van der Waals surface area (Å²) in [5.41, 5.74) is 16.8. The first-order chi connectivity index (χ1) is 30.8. The van der Waals surface area contributed by atoms with Crippen molar-refractivity contribution in [3.8, 4) is 0 Å². The van der Waals surface area contributed by atoms with E-state index in [1.807, 2.05) is 91.0 Å². The molecule has 6 unspecified atom stereocenters. The highest BCUT2D eigenvalue weighted by atomic mass is 16.5. The number of nitrogens with one attached hydrogen (secondary N) is 1. The number of Topliss-reactive ketones (excluding diaryl/α,β-unsaturated/α-hetero) is 2. The summed E-state index contributed by atoms with van der Waals surface area (Å²) in [4.78, 5) is 59.6. The number of aliphatic hydroxyl groups is 4. The first kappa shape index (κ1) is 46.8. The molecule has 330 valence electrons. The van der Waals surface area contributed by atoms with Crippen LogP contribution in [0.15, 0.2) is 182 Å². The van der Waals surface area contributed by atoms with Gasteiger partial charge in [-0.2, -0.15) is 0 Å². The first-order valence-electron chi connectivity index (χ1n) is 20.7. The topological polar surface area (TPSA) is 249 Å². The lowest BCUT2D eigenvalue weighted by Gasteiger charge is -2.42. The van der Waals surface area contributed by atoms with Gasteiger partial charge in [0.1, 0.15) is 18.4 Å². The largest absolute Gasteiger partial charge is 0.451 e. The van der Waals surface area contributed by atoms with Crippen LogP contribution in [0.1, 0.15) is 58.2 Å². The van der Waals surface area contributed by atoms with Crippen LogP contribution in [0.4, 0.5) is 0 Å². The van der Waals surface area contributed by atoms with Crippen LogP contribution in [0, 0.1) is 0 Å². The molecule has 7 atom stereocenters. The van der Waals surface area contributed by atoms with Crippen molar-refractivity contribution in [3.05, 3.63) is 215 Å². The zero-order valence-electron chi connectivity index (χ0n) is 34.8. The molecule has 1 amide bonds. The lowest BCUT2D eigenvalue weighted by molar-refractivity contribution is -0.166. The van der Waals surface area contributed by atoms with Crippen molar-refractivity contribution < 1.29 is 44.3 Å². The van der Waals surface area contributed by atoms with Crippen molar-refractivity contribution in [3.63, 3.8) is 0 Å². The molecule has 0 aliphatic rings. The normalized spacial score (nSPS) is 15.4. The zero-order valence-corrected chi connectivity index (χ0v) is 34.8. The Balaban J connectivity index is 1.59. The summed E-state index contributed by atoms with van der Waals surface area (Å²) in [6.07, 6.45) is -11.3. The van der Waals surface area contributed by atoms with Gasteiger partial charge in [0.2, 0.25) is 5.91 Å². The minimum absolute atomic E-state index is 0.00288. The van der Waals surface area contributed by atoms with Crippen LogP contribution in [-0.2, 0) is 29.5 Å². The molecule has 64 heavy (non-hydrogen) atoms. The first-order valence-corrected chi connectivity index (χ1v) is 20.7. The van der Waals surface area contributed by atoms with Crippen LogP contribution in [0.3, 0.4) is 0 Å². The monoisotopic (exact) mass is 864 g/mol. The average Bonchev–Trinajstić information content (AvgIpc) is 3.32. The Morgan fingerprint density at radius 3 is 1.33 bits per heavy atom. The fraction of sp³-hybridized carbons (Fsp3) is 0.216. The van der Waals surface area contributed by atoms with Crippen LogP contribution in [0.5, 0.6) is 0 Å². The van der Waals surface area contributed by atoms with Crippen molar-refractivity contribution in [2.75, 3.05) is 0 Å². The van der Waals surface area contributed by atoms with Gasteiger partial charge >= 0.3 is 5.97 Å². The van der Waals surface area contributed by atoms with Gasteiger partial charge in [0.15, 0.2) is 23.2 Å². The summed E-state index contributed by atoms with van der Waals surface area (Å²) in [5, 5.41) is 46.9. The van der Waals surface area contributed by atoms with Gasteiger partial charge in [-0.1, -0.05) is 182 Å². The molecule has 0 spiro atoms. The number of hydrogen-bond donors (Lipinski definition) is 8. The quantitative estimate of drug-likeness (QED) is 0.0224. The summed E-state index contributed by atoms with van der Waals surface area (Å²) in [7, 11) is 0. The number of nitrogens with two attached hydrogens (primary N) is 3. The van der Waals surface area contributed by atoms with E-state index in [-0.39, 0.29) is 5.56 Å². The van der Waals surface area contributed by atoms with E-state index in [2.05, 4.69) is 5.32 Å². The Morgan fingerprint density at radius 2 is 0.953 bits per heavy atom. The molecule has 6 rings (SSSR count). The Labute approximate surface area is 371 Å². The summed E-state index contributed by atoms with van der Waals surface area (Å²) in [6, 6.07) is 50.5. The molecule has 0 fully saturated rings. The molecule has 0 radical (unpaired) electrons. The molecule has 0 aliphatic heterocycles. The van der Waals surface area contributed by atoms with Crippen molar-refractivity contribution >= 4 is 23.4 Å². The summed E-state index contributed by atoms with van der Waals surface area (Å²) in [6.45, 7) is 0. The van der Waals surface area contributed by atoms with Crippen LogP contribution in [-0.4, -0.2) is 80.0 Å². The number of esters is 1. The minimum Gasteiger partial charge on any atom is -0.451 e. The number of benzene rings is 6. The van der Waals surface area contributed by atoms with E-state index in [0.29, 0.717) is 27.8 Å². The van der Waals surface area contributed by atoms with Gasteiger partial charge in [-0.15, -0.1) is 0 Å². The SMILES string of the molecule is NC(=O)C[C@H](NC(c1ccccc1)(c1ccccc1)c1ccccc1)C(=O)C(c1ccccc1)C(N)(C(=O)OC(c1ccccc1)c1ccccc1)C(=O)C(O)C(O)C(O)CC(N)O. The molecular weight excluding hydrogens is 813 g/mol. The number of ether oxygens (including phenoxy) is 1. The summed E-state index contributed by atoms with van der Waals surface area (Å²) >= 11 is 0. The van der Waals surface area contributed by atoms with Crippen molar-refractivity contribution in [1.29, 1.82) is 0 Å². The van der Waals surface area contributed by atoms with E-state index in [9.17, 15) is 25.2 Å². The number of rotatable bonds is 21. The molecule has 13 heteroatoms. The van der Waals surface area contributed by atoms with Gasteiger partial charge in [-0.05, 0) is 33.4 Å². The fourth-order valence-corrected chi connectivity index (χ4v) is 8.14. The third-order valence-corrected chi connectivity index (χ3v) is 11.3. The molecular formula is C51H52N4O9. The zero-order chi connectivity index (χ0) is 45.9. The van der Waals surface area contributed by atoms with E-state index in [1.165, 1.54) is 12.1 Å². The molecule has 6 aromatic rings. The Hall–Kier alpha value is -6.68. The van der Waals surface area contributed by atoms with Gasteiger partial charge < -0.3 is 42.4 Å². The van der Waals surface area contributed by atoms with Crippen molar-refractivity contribution in [2.24, 2.45) is 17.2 Å². The summed E-state index contributed by atoms with van der Waals surface area (Å²) in [5.74, 6) is -7.09. The molecule has 13 nitrogen and oxygen atoms in total. The number of amides is 1.